The maximum absolute atomic E-state index is 12.2. The summed E-state index contributed by atoms with van der Waals surface area (Å²) in [6.07, 6.45) is 0. The lowest BCUT2D eigenvalue weighted by Crippen LogP contribution is -2.46. The molecule has 0 aliphatic carbocycles. The molecule has 2 aliphatic heterocycles. The van der Waals surface area contributed by atoms with Gasteiger partial charge in [-0.2, -0.15) is 0 Å². The molecule has 0 unspecified atom stereocenters. The number of urea groups is 1. The molecule has 0 radical (unpaired) electrons. The third kappa shape index (κ3) is 4.62. The van der Waals surface area contributed by atoms with E-state index in [4.69, 9.17) is 23.2 Å². The van der Waals surface area contributed by atoms with Gasteiger partial charge in [0.25, 0.3) is 5.91 Å². The molecule has 10 heteroatoms. The Morgan fingerprint density at radius 1 is 1.19 bits per heavy atom. The Morgan fingerprint density at radius 3 is 2.59 bits per heavy atom. The summed E-state index contributed by atoms with van der Waals surface area (Å²) in [5.74, 6) is -0.259. The number of pyridine rings is 1. The predicted octanol–water partition coefficient (Wildman–Crippen LogP) is 3.44. The minimum atomic E-state index is -0.259. The van der Waals surface area contributed by atoms with Crippen molar-refractivity contribution in [1.82, 2.24) is 20.1 Å². The maximum atomic E-state index is 12.2. The molecule has 1 aromatic heterocycles. The van der Waals surface area contributed by atoms with Gasteiger partial charge in [0.05, 0.1) is 12.2 Å². The molecule has 0 saturated carbocycles. The number of amides is 3. The molecule has 1 aromatic carbocycles. The van der Waals surface area contributed by atoms with Gasteiger partial charge in [0.2, 0.25) is 0 Å². The molecule has 3 heterocycles. The molecular weight excluding hydrogens is 451 g/mol. The molecule has 170 valence electrons. The van der Waals surface area contributed by atoms with Crippen LogP contribution in [0.3, 0.4) is 0 Å². The Kier molecular flexibility index (Phi) is 6.74. The number of carbonyl (C=O) groups is 2. The summed E-state index contributed by atoms with van der Waals surface area (Å²) in [5.41, 5.74) is 3.97. The lowest BCUT2D eigenvalue weighted by molar-refractivity contribution is 0.0958. The van der Waals surface area contributed by atoms with Gasteiger partial charge in [-0.25, -0.2) is 9.78 Å². The number of benzene rings is 1. The standard InChI is InChI=1S/C22H26Cl2N6O2/c1-3-29-13-15-16(23)10-14(11-18(15)27-22(29)32)12-28-6-8-30(9-7-28)19-5-4-17(21(31)25-2)26-20(19)24/h4-5,10-11H,3,6-9,12-13H2,1-2H3,(H,25,31)(H,27,32). The average molecular weight is 477 g/mol. The summed E-state index contributed by atoms with van der Waals surface area (Å²) in [5, 5.41) is 6.52. The Morgan fingerprint density at radius 2 is 1.94 bits per heavy atom. The van der Waals surface area contributed by atoms with Gasteiger partial charge in [0.1, 0.15) is 5.69 Å². The topological polar surface area (TPSA) is 80.8 Å². The van der Waals surface area contributed by atoms with Gasteiger partial charge in [0, 0.05) is 62.6 Å². The average Bonchev–Trinajstić information content (AvgIpc) is 2.78. The molecule has 1 saturated heterocycles. The summed E-state index contributed by atoms with van der Waals surface area (Å²) in [6.45, 7) is 7.14. The quantitative estimate of drug-likeness (QED) is 0.645. The van der Waals surface area contributed by atoms with Gasteiger partial charge in [-0.05, 0) is 36.8 Å². The normalized spacial score (nSPS) is 16.6. The molecule has 2 aromatic rings. The van der Waals surface area contributed by atoms with Crippen LogP contribution in [-0.2, 0) is 13.1 Å². The summed E-state index contributed by atoms with van der Waals surface area (Å²) in [4.78, 5) is 34.4. The van der Waals surface area contributed by atoms with Crippen LogP contribution in [0.5, 0.6) is 0 Å². The van der Waals surface area contributed by atoms with Gasteiger partial charge in [-0.15, -0.1) is 0 Å². The number of fused-ring (bicyclic) bond motifs is 1. The highest BCUT2D eigenvalue weighted by Gasteiger charge is 2.25. The Labute approximate surface area is 197 Å². The highest BCUT2D eigenvalue weighted by Crippen LogP contribution is 2.32. The van der Waals surface area contributed by atoms with Crippen LogP contribution in [-0.4, -0.2) is 66.5 Å². The van der Waals surface area contributed by atoms with Gasteiger partial charge in [0.15, 0.2) is 5.15 Å². The number of hydrogen-bond acceptors (Lipinski definition) is 5. The van der Waals surface area contributed by atoms with Crippen molar-refractivity contribution in [2.45, 2.75) is 20.0 Å². The van der Waals surface area contributed by atoms with E-state index in [0.29, 0.717) is 29.0 Å². The molecule has 32 heavy (non-hydrogen) atoms. The van der Waals surface area contributed by atoms with E-state index in [0.717, 1.165) is 55.2 Å². The van der Waals surface area contributed by atoms with Crippen LogP contribution in [0.15, 0.2) is 24.3 Å². The highest BCUT2D eigenvalue weighted by molar-refractivity contribution is 6.32. The van der Waals surface area contributed by atoms with Crippen LogP contribution in [0.4, 0.5) is 16.2 Å². The van der Waals surface area contributed by atoms with Crippen LogP contribution >= 0.6 is 23.2 Å². The van der Waals surface area contributed by atoms with Crippen molar-refractivity contribution < 1.29 is 9.59 Å². The summed E-state index contributed by atoms with van der Waals surface area (Å²) < 4.78 is 0. The van der Waals surface area contributed by atoms with Crippen molar-refractivity contribution in [2.24, 2.45) is 0 Å². The van der Waals surface area contributed by atoms with E-state index in [2.05, 4.69) is 25.4 Å². The zero-order chi connectivity index (χ0) is 22.8. The largest absolute Gasteiger partial charge is 0.366 e. The number of nitrogens with zero attached hydrogens (tertiary/aromatic N) is 4. The number of nitrogens with one attached hydrogen (secondary N) is 2. The molecule has 2 aliphatic rings. The number of hydrogen-bond donors (Lipinski definition) is 2. The summed E-state index contributed by atoms with van der Waals surface area (Å²) in [7, 11) is 1.56. The first-order chi connectivity index (χ1) is 15.4. The van der Waals surface area contributed by atoms with E-state index in [9.17, 15) is 9.59 Å². The second-order valence-electron chi connectivity index (χ2n) is 7.90. The van der Waals surface area contributed by atoms with Crippen LogP contribution < -0.4 is 15.5 Å². The molecule has 8 nitrogen and oxygen atoms in total. The summed E-state index contributed by atoms with van der Waals surface area (Å²) in [6, 6.07) is 7.47. The lowest BCUT2D eigenvalue weighted by Gasteiger charge is -2.36. The number of anilines is 2. The Bertz CT molecular complexity index is 1040. The van der Waals surface area contributed by atoms with Crippen molar-refractivity contribution in [3.63, 3.8) is 0 Å². The van der Waals surface area contributed by atoms with Gasteiger partial charge in [-0.3, -0.25) is 9.69 Å². The first-order valence-corrected chi connectivity index (χ1v) is 11.4. The fourth-order valence-corrected chi connectivity index (χ4v) is 4.67. The highest BCUT2D eigenvalue weighted by atomic mass is 35.5. The van der Waals surface area contributed by atoms with Gasteiger partial charge in [-0.1, -0.05) is 23.2 Å². The van der Waals surface area contributed by atoms with E-state index >= 15 is 0 Å². The van der Waals surface area contributed by atoms with E-state index in [1.165, 1.54) is 0 Å². The smallest absolute Gasteiger partial charge is 0.322 e. The second-order valence-corrected chi connectivity index (χ2v) is 8.66. The molecular formula is C22H26Cl2N6O2. The van der Waals surface area contributed by atoms with Crippen LogP contribution in [0, 0.1) is 0 Å². The lowest BCUT2D eigenvalue weighted by atomic mass is 10.1. The molecule has 1 fully saturated rings. The number of aromatic nitrogens is 1. The Balaban J connectivity index is 1.40. The van der Waals surface area contributed by atoms with E-state index in [-0.39, 0.29) is 11.9 Å². The molecule has 2 N–H and O–H groups in total. The predicted molar refractivity (Wildman–Crippen MR) is 127 cm³/mol. The number of piperazine rings is 1. The minimum absolute atomic E-state index is 0.0882. The van der Waals surface area contributed by atoms with Crippen LogP contribution in [0.1, 0.15) is 28.5 Å². The zero-order valence-corrected chi connectivity index (χ0v) is 19.6. The van der Waals surface area contributed by atoms with Crippen LogP contribution in [0.25, 0.3) is 0 Å². The molecule has 3 amide bonds. The van der Waals surface area contributed by atoms with Gasteiger partial charge < -0.3 is 20.4 Å². The van der Waals surface area contributed by atoms with Crippen molar-refractivity contribution in [3.05, 3.63) is 51.3 Å². The van der Waals surface area contributed by atoms with E-state index < -0.39 is 0 Å². The monoisotopic (exact) mass is 476 g/mol. The Hall–Kier alpha value is -2.55. The number of halogens is 2. The van der Waals surface area contributed by atoms with E-state index in [1.807, 2.05) is 25.1 Å². The van der Waals surface area contributed by atoms with Crippen molar-refractivity contribution in [1.29, 1.82) is 0 Å². The van der Waals surface area contributed by atoms with Crippen LogP contribution in [0.2, 0.25) is 10.2 Å². The SMILES string of the molecule is CCN1Cc2c(Cl)cc(CN3CCN(c4ccc(C(=O)NC)nc4Cl)CC3)cc2NC1=O. The van der Waals surface area contributed by atoms with Crippen molar-refractivity contribution in [3.8, 4) is 0 Å². The van der Waals surface area contributed by atoms with E-state index in [1.54, 1.807) is 18.0 Å². The van der Waals surface area contributed by atoms with Crippen molar-refractivity contribution >= 4 is 46.5 Å². The maximum Gasteiger partial charge on any atom is 0.322 e. The summed E-state index contributed by atoms with van der Waals surface area (Å²) >= 11 is 12.9. The van der Waals surface area contributed by atoms with Crippen molar-refractivity contribution in [2.75, 3.05) is 50.0 Å². The first kappa shape index (κ1) is 22.6. The fourth-order valence-electron chi connectivity index (χ4n) is 4.09. The minimum Gasteiger partial charge on any atom is -0.366 e. The molecule has 0 bridgehead atoms. The third-order valence-corrected chi connectivity index (χ3v) is 6.54. The molecule has 4 rings (SSSR count). The number of carbonyl (C=O) groups excluding carboxylic acids is 2. The fraction of sp³-hybridized carbons (Fsp3) is 0.409. The number of rotatable bonds is 5. The zero-order valence-electron chi connectivity index (χ0n) is 18.1. The van der Waals surface area contributed by atoms with Gasteiger partial charge >= 0.3 is 6.03 Å². The third-order valence-electron chi connectivity index (χ3n) is 5.92. The first-order valence-electron chi connectivity index (χ1n) is 10.6. The molecule has 0 spiro atoms. The molecule has 0 atom stereocenters. The second kappa shape index (κ2) is 9.52.